The number of rotatable bonds is 5. The number of carbonyl (C=O) groups excluding carboxylic acids is 1. The molecule has 1 amide bonds. The first-order valence-electron chi connectivity index (χ1n) is 6.74. The zero-order chi connectivity index (χ0) is 13.9. The molecule has 0 atom stereocenters. The van der Waals surface area contributed by atoms with Gasteiger partial charge in [-0.3, -0.25) is 4.79 Å². The normalized spacial score (nSPS) is 14.1. The Morgan fingerprint density at radius 1 is 1.45 bits per heavy atom. The van der Waals surface area contributed by atoms with Gasteiger partial charge in [0.2, 0.25) is 0 Å². The smallest absolute Gasteiger partial charge is 0.255 e. The van der Waals surface area contributed by atoms with Crippen LogP contribution in [0.15, 0.2) is 35.2 Å². The van der Waals surface area contributed by atoms with Crippen LogP contribution in [0.4, 0.5) is 5.82 Å². The van der Waals surface area contributed by atoms with E-state index in [-0.39, 0.29) is 5.91 Å². The largest absolute Gasteiger partial charge is 0.373 e. The minimum atomic E-state index is 0.0776. The molecule has 1 saturated carbocycles. The van der Waals surface area contributed by atoms with E-state index in [0.717, 1.165) is 18.7 Å². The van der Waals surface area contributed by atoms with Crippen LogP contribution in [0.3, 0.4) is 0 Å². The molecule has 5 heteroatoms. The van der Waals surface area contributed by atoms with Crippen LogP contribution in [0, 0.1) is 0 Å². The van der Waals surface area contributed by atoms with E-state index in [0.29, 0.717) is 18.2 Å². The number of hydrogen-bond donors (Lipinski definition) is 1. The van der Waals surface area contributed by atoms with Gasteiger partial charge in [0.25, 0.3) is 5.91 Å². The van der Waals surface area contributed by atoms with Gasteiger partial charge >= 0.3 is 0 Å². The molecule has 3 rings (SSSR count). The molecular weight excluding hydrogens is 270 g/mol. The lowest BCUT2D eigenvalue weighted by Crippen LogP contribution is -2.32. The molecule has 0 aliphatic heterocycles. The molecule has 0 aromatic carbocycles. The first-order chi connectivity index (χ1) is 9.78. The third-order valence-electron chi connectivity index (χ3n) is 3.45. The van der Waals surface area contributed by atoms with E-state index in [2.05, 4.69) is 21.7 Å². The van der Waals surface area contributed by atoms with Gasteiger partial charge in [0.1, 0.15) is 5.82 Å². The maximum absolute atomic E-state index is 12.6. The van der Waals surface area contributed by atoms with E-state index < -0.39 is 0 Å². The number of aromatic nitrogens is 1. The van der Waals surface area contributed by atoms with E-state index in [9.17, 15) is 4.79 Å². The van der Waals surface area contributed by atoms with Crippen molar-refractivity contribution in [1.29, 1.82) is 0 Å². The average Bonchev–Trinajstić information content (AvgIpc) is 3.21. The average molecular weight is 287 g/mol. The number of nitrogens with one attached hydrogen (secondary N) is 1. The number of pyridine rings is 1. The van der Waals surface area contributed by atoms with Gasteiger partial charge in [0.15, 0.2) is 0 Å². The molecule has 1 N–H and O–H groups in total. The second-order valence-electron chi connectivity index (χ2n) is 4.98. The number of amides is 1. The van der Waals surface area contributed by atoms with Crippen LogP contribution in [0.25, 0.3) is 0 Å². The summed E-state index contributed by atoms with van der Waals surface area (Å²) in [5, 5.41) is 7.11. The Kier molecular flexibility index (Phi) is 3.69. The van der Waals surface area contributed by atoms with E-state index in [1.54, 1.807) is 17.5 Å². The molecular formula is C15H17N3OS. The molecule has 104 valence electrons. The molecule has 1 aliphatic carbocycles. The number of hydrogen-bond acceptors (Lipinski definition) is 4. The van der Waals surface area contributed by atoms with Crippen molar-refractivity contribution in [2.75, 3.05) is 12.4 Å². The second-order valence-corrected chi connectivity index (χ2v) is 5.76. The van der Waals surface area contributed by atoms with Crippen molar-refractivity contribution in [2.45, 2.75) is 25.4 Å². The van der Waals surface area contributed by atoms with E-state index in [1.807, 2.05) is 29.5 Å². The number of nitrogens with zero attached hydrogens (tertiary/aromatic N) is 2. The summed E-state index contributed by atoms with van der Waals surface area (Å²) in [6.45, 7) is 0.695. The van der Waals surface area contributed by atoms with Crippen molar-refractivity contribution >= 4 is 23.1 Å². The van der Waals surface area contributed by atoms with Crippen LogP contribution >= 0.6 is 11.3 Å². The van der Waals surface area contributed by atoms with Crippen LogP contribution in [0.1, 0.15) is 28.8 Å². The third-order valence-corrected chi connectivity index (χ3v) is 4.18. The SMILES string of the molecule is CNc1ccc(C(=O)N(Cc2ccsc2)C2CC2)cn1. The number of carbonyl (C=O) groups is 1. The van der Waals surface area contributed by atoms with Gasteiger partial charge in [0, 0.05) is 25.8 Å². The van der Waals surface area contributed by atoms with Gasteiger partial charge in [-0.2, -0.15) is 11.3 Å². The highest BCUT2D eigenvalue weighted by Gasteiger charge is 2.33. The molecule has 0 radical (unpaired) electrons. The fourth-order valence-corrected chi connectivity index (χ4v) is 2.83. The summed E-state index contributed by atoms with van der Waals surface area (Å²) in [6, 6.07) is 6.15. The second kappa shape index (κ2) is 5.63. The van der Waals surface area contributed by atoms with Crippen molar-refractivity contribution in [1.82, 2.24) is 9.88 Å². The standard InChI is InChI=1S/C15H17N3OS/c1-16-14-5-2-12(8-17-14)15(19)18(13-3-4-13)9-11-6-7-20-10-11/h2,5-8,10,13H,3-4,9H2,1H3,(H,16,17). The van der Waals surface area contributed by atoms with Gasteiger partial charge in [-0.05, 0) is 47.4 Å². The van der Waals surface area contributed by atoms with Crippen molar-refractivity contribution < 1.29 is 4.79 Å². The molecule has 0 unspecified atom stereocenters. The lowest BCUT2D eigenvalue weighted by molar-refractivity contribution is 0.0729. The van der Waals surface area contributed by atoms with E-state index >= 15 is 0 Å². The molecule has 2 aromatic rings. The highest BCUT2D eigenvalue weighted by Crippen LogP contribution is 2.30. The molecule has 2 heterocycles. The maximum atomic E-state index is 12.6. The topological polar surface area (TPSA) is 45.2 Å². The number of thiophene rings is 1. The van der Waals surface area contributed by atoms with Crippen LogP contribution < -0.4 is 5.32 Å². The van der Waals surface area contributed by atoms with Gasteiger partial charge < -0.3 is 10.2 Å². The maximum Gasteiger partial charge on any atom is 0.255 e. The molecule has 4 nitrogen and oxygen atoms in total. The summed E-state index contributed by atoms with van der Waals surface area (Å²) in [5.41, 5.74) is 1.86. The van der Waals surface area contributed by atoms with Crippen molar-refractivity contribution in [2.24, 2.45) is 0 Å². The summed E-state index contributed by atoms with van der Waals surface area (Å²) in [5.74, 6) is 0.853. The minimum absolute atomic E-state index is 0.0776. The lowest BCUT2D eigenvalue weighted by Gasteiger charge is -2.22. The summed E-state index contributed by atoms with van der Waals surface area (Å²) < 4.78 is 0. The summed E-state index contributed by atoms with van der Waals surface area (Å²) in [4.78, 5) is 18.8. The molecule has 1 aliphatic rings. The number of anilines is 1. The van der Waals surface area contributed by atoms with E-state index in [1.165, 1.54) is 5.56 Å². The van der Waals surface area contributed by atoms with Gasteiger partial charge in [-0.1, -0.05) is 0 Å². The first-order valence-corrected chi connectivity index (χ1v) is 7.68. The van der Waals surface area contributed by atoms with Gasteiger partial charge in [-0.15, -0.1) is 0 Å². The minimum Gasteiger partial charge on any atom is -0.373 e. The van der Waals surface area contributed by atoms with Crippen LogP contribution in [0.5, 0.6) is 0 Å². The molecule has 0 bridgehead atoms. The lowest BCUT2D eigenvalue weighted by atomic mass is 10.2. The molecule has 20 heavy (non-hydrogen) atoms. The Hall–Kier alpha value is -1.88. The quantitative estimate of drug-likeness (QED) is 0.919. The first kappa shape index (κ1) is 13.1. The third kappa shape index (κ3) is 2.82. The monoisotopic (exact) mass is 287 g/mol. The zero-order valence-corrected chi connectivity index (χ0v) is 12.2. The van der Waals surface area contributed by atoms with E-state index in [4.69, 9.17) is 0 Å². The van der Waals surface area contributed by atoms with Crippen molar-refractivity contribution in [3.8, 4) is 0 Å². The van der Waals surface area contributed by atoms with Crippen LogP contribution in [-0.2, 0) is 6.54 Å². The van der Waals surface area contributed by atoms with Crippen LogP contribution in [-0.4, -0.2) is 28.9 Å². The Bertz CT molecular complexity index is 576. The summed E-state index contributed by atoms with van der Waals surface area (Å²) in [6.07, 6.45) is 3.87. The predicted molar refractivity (Wildman–Crippen MR) is 81.0 cm³/mol. The molecule has 1 fully saturated rings. The fourth-order valence-electron chi connectivity index (χ4n) is 2.17. The van der Waals surface area contributed by atoms with Crippen molar-refractivity contribution in [3.63, 3.8) is 0 Å². The summed E-state index contributed by atoms with van der Waals surface area (Å²) in [7, 11) is 1.82. The highest BCUT2D eigenvalue weighted by molar-refractivity contribution is 7.07. The zero-order valence-electron chi connectivity index (χ0n) is 11.4. The van der Waals surface area contributed by atoms with Crippen molar-refractivity contribution in [3.05, 3.63) is 46.3 Å². The Labute approximate surface area is 122 Å². The van der Waals surface area contributed by atoms with Gasteiger partial charge in [-0.25, -0.2) is 4.98 Å². The Balaban J connectivity index is 1.77. The highest BCUT2D eigenvalue weighted by atomic mass is 32.1. The molecule has 2 aromatic heterocycles. The Morgan fingerprint density at radius 2 is 2.30 bits per heavy atom. The van der Waals surface area contributed by atoms with Gasteiger partial charge in [0.05, 0.1) is 5.56 Å². The predicted octanol–water partition coefficient (Wildman–Crippen LogP) is 2.99. The summed E-state index contributed by atoms with van der Waals surface area (Å²) >= 11 is 1.67. The Morgan fingerprint density at radius 3 is 2.85 bits per heavy atom. The van der Waals surface area contributed by atoms with Crippen LogP contribution in [0.2, 0.25) is 0 Å². The molecule has 0 saturated heterocycles. The fraction of sp³-hybridized carbons (Fsp3) is 0.333. The molecule has 0 spiro atoms.